The quantitative estimate of drug-likeness (QED) is 0.849. The van der Waals surface area contributed by atoms with Gasteiger partial charge in [0.25, 0.3) is 0 Å². The standard InChI is InChI=1S/C12H15N5O2S/c1-7-5-10(19-16-7)14-11(18)8(2)20-12-15-13-6-17(12)9-3-4-9/h5-6,8-9H,3-4H2,1-2H3,(H,14,18). The van der Waals surface area contributed by atoms with Crippen LogP contribution >= 0.6 is 11.8 Å². The Hall–Kier alpha value is -1.83. The SMILES string of the molecule is Cc1cc(NC(=O)C(C)Sc2nncn2C2CC2)on1. The Balaban J connectivity index is 1.61. The predicted molar refractivity (Wildman–Crippen MR) is 73.5 cm³/mol. The Morgan fingerprint density at radius 1 is 1.60 bits per heavy atom. The maximum atomic E-state index is 12.1. The van der Waals surface area contributed by atoms with Crippen LogP contribution in [0.3, 0.4) is 0 Å². The van der Waals surface area contributed by atoms with Gasteiger partial charge >= 0.3 is 0 Å². The van der Waals surface area contributed by atoms with E-state index in [4.69, 9.17) is 4.52 Å². The average Bonchev–Trinajstić information content (AvgIpc) is 3.03. The van der Waals surface area contributed by atoms with Gasteiger partial charge in [0.15, 0.2) is 5.16 Å². The number of aromatic nitrogens is 4. The summed E-state index contributed by atoms with van der Waals surface area (Å²) in [5, 5.41) is 14.9. The van der Waals surface area contributed by atoms with Gasteiger partial charge in [0.05, 0.1) is 10.9 Å². The van der Waals surface area contributed by atoms with Crippen LogP contribution in [0.2, 0.25) is 0 Å². The highest BCUT2D eigenvalue weighted by molar-refractivity contribution is 8.00. The van der Waals surface area contributed by atoms with Gasteiger partial charge in [-0.25, -0.2) is 0 Å². The minimum Gasteiger partial charge on any atom is -0.338 e. The largest absolute Gasteiger partial charge is 0.338 e. The van der Waals surface area contributed by atoms with Crippen LogP contribution in [0, 0.1) is 6.92 Å². The zero-order valence-electron chi connectivity index (χ0n) is 11.2. The van der Waals surface area contributed by atoms with Crippen LogP contribution < -0.4 is 5.32 Å². The Morgan fingerprint density at radius 3 is 3.05 bits per heavy atom. The van der Waals surface area contributed by atoms with E-state index in [-0.39, 0.29) is 11.2 Å². The molecule has 1 saturated carbocycles. The van der Waals surface area contributed by atoms with Gasteiger partial charge in [-0.05, 0) is 26.7 Å². The number of nitrogens with zero attached hydrogens (tertiary/aromatic N) is 4. The van der Waals surface area contributed by atoms with Crippen molar-refractivity contribution in [1.82, 2.24) is 19.9 Å². The van der Waals surface area contributed by atoms with Crippen LogP contribution in [-0.2, 0) is 4.79 Å². The first-order chi connectivity index (χ1) is 9.63. The molecule has 0 aliphatic heterocycles. The normalized spacial score (nSPS) is 16.1. The Labute approximate surface area is 120 Å². The first kappa shape index (κ1) is 13.2. The lowest BCUT2D eigenvalue weighted by Gasteiger charge is -2.10. The average molecular weight is 293 g/mol. The minimum absolute atomic E-state index is 0.142. The van der Waals surface area contributed by atoms with Crippen LogP contribution in [0.4, 0.5) is 5.88 Å². The molecule has 1 unspecified atom stereocenters. The third-order valence-corrected chi connectivity index (χ3v) is 4.08. The van der Waals surface area contributed by atoms with E-state index in [1.54, 1.807) is 19.3 Å². The number of nitrogens with one attached hydrogen (secondary N) is 1. The highest BCUT2D eigenvalue weighted by Gasteiger charge is 2.28. The smallest absolute Gasteiger partial charge is 0.240 e. The van der Waals surface area contributed by atoms with Crippen LogP contribution in [0.5, 0.6) is 0 Å². The molecule has 1 N–H and O–H groups in total. The van der Waals surface area contributed by atoms with E-state index in [0.717, 1.165) is 23.7 Å². The second-order valence-electron chi connectivity index (χ2n) is 4.83. The molecule has 0 bridgehead atoms. The molecule has 1 atom stereocenters. The summed E-state index contributed by atoms with van der Waals surface area (Å²) in [6.07, 6.45) is 4.04. The number of carbonyl (C=O) groups excluding carboxylic acids is 1. The molecular formula is C12H15N5O2S. The van der Waals surface area contributed by atoms with E-state index in [1.807, 2.05) is 11.5 Å². The Bertz CT molecular complexity index is 619. The summed E-state index contributed by atoms with van der Waals surface area (Å²) in [5.74, 6) is 0.222. The maximum absolute atomic E-state index is 12.1. The van der Waals surface area contributed by atoms with Gasteiger partial charge in [0.2, 0.25) is 11.8 Å². The van der Waals surface area contributed by atoms with Crippen LogP contribution in [0.1, 0.15) is 31.5 Å². The molecule has 1 aliphatic carbocycles. The fraction of sp³-hybridized carbons (Fsp3) is 0.500. The van der Waals surface area contributed by atoms with Crippen LogP contribution in [-0.4, -0.2) is 31.1 Å². The number of thioether (sulfide) groups is 1. The third-order valence-electron chi connectivity index (χ3n) is 3.01. The van der Waals surface area contributed by atoms with Gasteiger partial charge in [0.1, 0.15) is 6.33 Å². The summed E-state index contributed by atoms with van der Waals surface area (Å²) < 4.78 is 7.00. The van der Waals surface area contributed by atoms with E-state index in [9.17, 15) is 4.79 Å². The molecule has 2 aromatic heterocycles. The lowest BCUT2D eigenvalue weighted by Crippen LogP contribution is -2.22. The molecule has 0 aromatic carbocycles. The summed E-state index contributed by atoms with van der Waals surface area (Å²) in [6.45, 7) is 3.63. The highest BCUT2D eigenvalue weighted by Crippen LogP contribution is 2.38. The number of hydrogen-bond donors (Lipinski definition) is 1. The van der Waals surface area contributed by atoms with Crippen LogP contribution in [0.15, 0.2) is 22.1 Å². The van der Waals surface area contributed by atoms with Gasteiger partial charge < -0.3 is 9.09 Å². The van der Waals surface area contributed by atoms with Crippen molar-refractivity contribution in [1.29, 1.82) is 0 Å². The van der Waals surface area contributed by atoms with Crippen molar-refractivity contribution in [2.45, 2.75) is 43.1 Å². The Kier molecular flexibility index (Phi) is 3.47. The molecule has 106 valence electrons. The van der Waals surface area contributed by atoms with Gasteiger partial charge in [-0.3, -0.25) is 10.1 Å². The van der Waals surface area contributed by atoms with Gasteiger partial charge in [0, 0.05) is 12.1 Å². The number of carbonyl (C=O) groups is 1. The lowest BCUT2D eigenvalue weighted by atomic mass is 10.4. The highest BCUT2D eigenvalue weighted by atomic mass is 32.2. The molecule has 7 nitrogen and oxygen atoms in total. The van der Waals surface area contributed by atoms with Gasteiger partial charge in [-0.2, -0.15) is 0 Å². The number of rotatable bonds is 5. The molecule has 1 aliphatic rings. The van der Waals surface area contributed by atoms with Crippen molar-refractivity contribution >= 4 is 23.6 Å². The summed E-state index contributed by atoms with van der Waals surface area (Å²) >= 11 is 1.39. The summed E-state index contributed by atoms with van der Waals surface area (Å²) in [5.41, 5.74) is 0.731. The molecule has 0 saturated heterocycles. The van der Waals surface area contributed by atoms with E-state index in [1.165, 1.54) is 11.8 Å². The molecule has 0 spiro atoms. The molecule has 0 radical (unpaired) electrons. The molecular weight excluding hydrogens is 278 g/mol. The van der Waals surface area contributed by atoms with Crippen LogP contribution in [0.25, 0.3) is 0 Å². The van der Waals surface area contributed by atoms with Crippen molar-refractivity contribution in [2.24, 2.45) is 0 Å². The molecule has 8 heteroatoms. The fourth-order valence-corrected chi connectivity index (χ4v) is 2.67. The van der Waals surface area contributed by atoms with E-state index >= 15 is 0 Å². The van der Waals surface area contributed by atoms with Crippen molar-refractivity contribution < 1.29 is 9.32 Å². The molecule has 3 rings (SSSR count). The van der Waals surface area contributed by atoms with Gasteiger partial charge in [-0.15, -0.1) is 10.2 Å². The molecule has 2 heterocycles. The van der Waals surface area contributed by atoms with E-state index in [0.29, 0.717) is 11.9 Å². The minimum atomic E-state index is -0.290. The van der Waals surface area contributed by atoms with Crippen molar-refractivity contribution in [3.05, 3.63) is 18.1 Å². The molecule has 20 heavy (non-hydrogen) atoms. The molecule has 1 fully saturated rings. The topological polar surface area (TPSA) is 85.8 Å². The lowest BCUT2D eigenvalue weighted by molar-refractivity contribution is -0.115. The zero-order valence-corrected chi connectivity index (χ0v) is 12.1. The monoisotopic (exact) mass is 293 g/mol. The fourth-order valence-electron chi connectivity index (χ4n) is 1.78. The number of amides is 1. The van der Waals surface area contributed by atoms with Crippen molar-refractivity contribution in [3.8, 4) is 0 Å². The number of hydrogen-bond acceptors (Lipinski definition) is 6. The maximum Gasteiger partial charge on any atom is 0.240 e. The first-order valence-electron chi connectivity index (χ1n) is 6.44. The summed E-state index contributed by atoms with van der Waals surface area (Å²) in [4.78, 5) is 12.1. The predicted octanol–water partition coefficient (Wildman–Crippen LogP) is 2.03. The van der Waals surface area contributed by atoms with Crippen molar-refractivity contribution in [2.75, 3.05) is 5.32 Å². The summed E-state index contributed by atoms with van der Waals surface area (Å²) in [6, 6.07) is 2.18. The van der Waals surface area contributed by atoms with Gasteiger partial charge in [-0.1, -0.05) is 16.9 Å². The summed E-state index contributed by atoms with van der Waals surface area (Å²) in [7, 11) is 0. The Morgan fingerprint density at radius 2 is 2.40 bits per heavy atom. The third kappa shape index (κ3) is 2.84. The first-order valence-corrected chi connectivity index (χ1v) is 7.32. The second-order valence-corrected chi connectivity index (χ2v) is 6.14. The van der Waals surface area contributed by atoms with E-state index < -0.39 is 0 Å². The van der Waals surface area contributed by atoms with Crippen molar-refractivity contribution in [3.63, 3.8) is 0 Å². The second kappa shape index (κ2) is 5.28. The molecule has 1 amide bonds. The van der Waals surface area contributed by atoms with E-state index in [2.05, 4.69) is 20.7 Å². The zero-order chi connectivity index (χ0) is 14.1. The number of anilines is 1. The molecule has 2 aromatic rings. The number of aryl methyl sites for hydroxylation is 1.